The number of nitrogens with zero attached hydrogens (tertiary/aromatic N) is 1. The first-order valence-corrected chi connectivity index (χ1v) is 6.16. The van der Waals surface area contributed by atoms with Gasteiger partial charge in [0.15, 0.2) is 0 Å². The molecule has 1 aromatic rings. The fourth-order valence-corrected chi connectivity index (χ4v) is 1.83. The van der Waals surface area contributed by atoms with Crippen LogP contribution in [0.5, 0.6) is 0 Å². The average molecular weight is 222 g/mol. The van der Waals surface area contributed by atoms with Gasteiger partial charge in [-0.15, -0.1) is 0 Å². The Balaban J connectivity index is 2.35. The highest BCUT2D eigenvalue weighted by molar-refractivity contribution is 4.93. The molecular weight excluding hydrogens is 200 g/mol. The molecule has 3 heteroatoms. The van der Waals surface area contributed by atoms with Gasteiger partial charge in [-0.2, -0.15) is 0 Å². The van der Waals surface area contributed by atoms with Crippen LogP contribution in [-0.2, 0) is 6.54 Å². The van der Waals surface area contributed by atoms with Crippen molar-refractivity contribution < 1.29 is 0 Å². The van der Waals surface area contributed by atoms with Crippen LogP contribution in [0.2, 0.25) is 0 Å². The molecule has 0 fully saturated rings. The first kappa shape index (κ1) is 13.0. The normalized spacial score (nSPS) is 12.6. The maximum Gasteiger partial charge on any atom is 0.250 e. The molecule has 0 aliphatic rings. The van der Waals surface area contributed by atoms with Gasteiger partial charge in [0.05, 0.1) is 0 Å². The molecule has 1 heterocycles. The number of hydrogen-bond donors (Lipinski definition) is 1. The average Bonchev–Trinajstić information content (AvgIpc) is 2.30. The van der Waals surface area contributed by atoms with E-state index in [2.05, 4.69) is 19.2 Å². The molecule has 0 saturated carbocycles. The van der Waals surface area contributed by atoms with E-state index in [-0.39, 0.29) is 5.56 Å². The number of rotatable bonds is 7. The van der Waals surface area contributed by atoms with Crippen LogP contribution in [-0.4, -0.2) is 17.2 Å². The quantitative estimate of drug-likeness (QED) is 0.766. The van der Waals surface area contributed by atoms with E-state index in [9.17, 15) is 4.79 Å². The molecule has 0 aliphatic heterocycles. The Morgan fingerprint density at radius 3 is 2.81 bits per heavy atom. The van der Waals surface area contributed by atoms with Crippen LogP contribution in [0.25, 0.3) is 0 Å². The van der Waals surface area contributed by atoms with Crippen LogP contribution in [0.1, 0.15) is 33.1 Å². The van der Waals surface area contributed by atoms with Gasteiger partial charge < -0.3 is 9.88 Å². The Hall–Kier alpha value is -1.09. The smallest absolute Gasteiger partial charge is 0.250 e. The second-order valence-corrected chi connectivity index (χ2v) is 4.08. The van der Waals surface area contributed by atoms with E-state index in [4.69, 9.17) is 0 Å². The highest BCUT2D eigenvalue weighted by atomic mass is 16.1. The predicted molar refractivity (Wildman–Crippen MR) is 67.7 cm³/mol. The summed E-state index contributed by atoms with van der Waals surface area (Å²) in [4.78, 5) is 11.4. The lowest BCUT2D eigenvalue weighted by Gasteiger charge is -2.16. The minimum Gasteiger partial charge on any atom is -0.314 e. The van der Waals surface area contributed by atoms with Gasteiger partial charge in [0.1, 0.15) is 0 Å². The molecule has 3 nitrogen and oxygen atoms in total. The van der Waals surface area contributed by atoms with Crippen molar-refractivity contribution in [2.75, 3.05) is 6.54 Å². The van der Waals surface area contributed by atoms with E-state index in [0.717, 1.165) is 19.5 Å². The molecule has 0 spiro atoms. The standard InChI is InChI=1S/C13H22N2O/c1-3-7-12(4-2)14-9-11-15-10-6-5-8-13(15)16/h5-6,8,10,12,14H,3-4,7,9,11H2,1-2H3. The Labute approximate surface area is 97.5 Å². The number of pyridine rings is 1. The van der Waals surface area contributed by atoms with Crippen LogP contribution in [0, 0.1) is 0 Å². The summed E-state index contributed by atoms with van der Waals surface area (Å²) in [6.45, 7) is 6.01. The van der Waals surface area contributed by atoms with Crippen molar-refractivity contribution in [1.82, 2.24) is 9.88 Å². The minimum absolute atomic E-state index is 0.0767. The van der Waals surface area contributed by atoms with Crippen molar-refractivity contribution in [2.45, 2.75) is 45.7 Å². The van der Waals surface area contributed by atoms with Crippen LogP contribution < -0.4 is 10.9 Å². The first-order chi connectivity index (χ1) is 7.77. The van der Waals surface area contributed by atoms with Crippen molar-refractivity contribution in [2.24, 2.45) is 0 Å². The van der Waals surface area contributed by atoms with Gasteiger partial charge in [0.25, 0.3) is 5.56 Å². The molecule has 1 atom stereocenters. The highest BCUT2D eigenvalue weighted by Gasteiger charge is 2.03. The lowest BCUT2D eigenvalue weighted by atomic mass is 10.1. The van der Waals surface area contributed by atoms with Crippen molar-refractivity contribution in [3.63, 3.8) is 0 Å². The van der Waals surface area contributed by atoms with Gasteiger partial charge in [-0.1, -0.05) is 26.3 Å². The SMILES string of the molecule is CCCC(CC)NCCn1ccccc1=O. The molecule has 90 valence electrons. The molecule has 16 heavy (non-hydrogen) atoms. The molecule has 0 aliphatic carbocycles. The summed E-state index contributed by atoms with van der Waals surface area (Å²) in [5.74, 6) is 0. The molecule has 0 amide bonds. The summed E-state index contributed by atoms with van der Waals surface area (Å²) in [7, 11) is 0. The van der Waals surface area contributed by atoms with Crippen LogP contribution in [0.15, 0.2) is 29.2 Å². The third-order valence-corrected chi connectivity index (χ3v) is 2.81. The largest absolute Gasteiger partial charge is 0.314 e. The molecule has 1 aromatic heterocycles. The highest BCUT2D eigenvalue weighted by Crippen LogP contribution is 2.00. The van der Waals surface area contributed by atoms with Crippen LogP contribution in [0.4, 0.5) is 0 Å². The molecule has 1 unspecified atom stereocenters. The van der Waals surface area contributed by atoms with Gasteiger partial charge in [0.2, 0.25) is 0 Å². The van der Waals surface area contributed by atoms with Gasteiger partial charge in [0, 0.05) is 31.4 Å². The van der Waals surface area contributed by atoms with Crippen LogP contribution in [0.3, 0.4) is 0 Å². The van der Waals surface area contributed by atoms with Crippen molar-refractivity contribution in [3.8, 4) is 0 Å². The number of nitrogens with one attached hydrogen (secondary N) is 1. The van der Waals surface area contributed by atoms with Gasteiger partial charge in [-0.05, 0) is 18.9 Å². The Bertz CT molecular complexity index is 346. The first-order valence-electron chi connectivity index (χ1n) is 6.16. The minimum atomic E-state index is 0.0767. The van der Waals surface area contributed by atoms with Gasteiger partial charge in [-0.3, -0.25) is 4.79 Å². The molecule has 0 bridgehead atoms. The van der Waals surface area contributed by atoms with E-state index in [1.54, 1.807) is 16.7 Å². The summed E-state index contributed by atoms with van der Waals surface area (Å²) in [5, 5.41) is 3.49. The third kappa shape index (κ3) is 4.19. The van der Waals surface area contributed by atoms with E-state index in [0.29, 0.717) is 6.04 Å². The van der Waals surface area contributed by atoms with Crippen molar-refractivity contribution >= 4 is 0 Å². The summed E-state index contributed by atoms with van der Waals surface area (Å²) in [6.07, 6.45) is 5.40. The molecule has 0 saturated heterocycles. The van der Waals surface area contributed by atoms with Gasteiger partial charge in [-0.25, -0.2) is 0 Å². The predicted octanol–water partition coefficient (Wildman–Crippen LogP) is 2.02. The van der Waals surface area contributed by atoms with Crippen molar-refractivity contribution in [1.29, 1.82) is 0 Å². The molecule has 0 aromatic carbocycles. The zero-order valence-corrected chi connectivity index (χ0v) is 10.3. The van der Waals surface area contributed by atoms with Crippen LogP contribution >= 0.6 is 0 Å². The molecule has 1 N–H and O–H groups in total. The Morgan fingerprint density at radius 2 is 2.19 bits per heavy atom. The van der Waals surface area contributed by atoms with E-state index in [1.165, 1.54) is 12.8 Å². The monoisotopic (exact) mass is 222 g/mol. The van der Waals surface area contributed by atoms with E-state index >= 15 is 0 Å². The summed E-state index contributed by atoms with van der Waals surface area (Å²) in [6, 6.07) is 5.86. The topological polar surface area (TPSA) is 34.0 Å². The summed E-state index contributed by atoms with van der Waals surface area (Å²) in [5.41, 5.74) is 0.0767. The van der Waals surface area contributed by atoms with Gasteiger partial charge >= 0.3 is 0 Å². The second-order valence-electron chi connectivity index (χ2n) is 4.08. The molecule has 0 radical (unpaired) electrons. The fraction of sp³-hybridized carbons (Fsp3) is 0.615. The Kier molecular flexibility index (Phi) is 5.86. The number of aromatic nitrogens is 1. The zero-order valence-electron chi connectivity index (χ0n) is 10.3. The van der Waals surface area contributed by atoms with Crippen molar-refractivity contribution in [3.05, 3.63) is 34.7 Å². The lowest BCUT2D eigenvalue weighted by Crippen LogP contribution is -2.33. The maximum absolute atomic E-state index is 11.4. The number of hydrogen-bond acceptors (Lipinski definition) is 2. The fourth-order valence-electron chi connectivity index (χ4n) is 1.83. The third-order valence-electron chi connectivity index (χ3n) is 2.81. The summed E-state index contributed by atoms with van der Waals surface area (Å²) < 4.78 is 1.74. The zero-order chi connectivity index (χ0) is 11.8. The molecular formula is C13H22N2O. The van der Waals surface area contributed by atoms with E-state index < -0.39 is 0 Å². The lowest BCUT2D eigenvalue weighted by molar-refractivity contribution is 0.446. The maximum atomic E-state index is 11.4. The Morgan fingerprint density at radius 1 is 1.38 bits per heavy atom. The second kappa shape index (κ2) is 7.23. The molecule has 1 rings (SSSR count). The summed E-state index contributed by atoms with van der Waals surface area (Å²) >= 11 is 0. The van der Waals surface area contributed by atoms with E-state index in [1.807, 2.05) is 12.3 Å².